The number of Topliss-reactive ketones (excluding diaryl/α,β-unsaturated/α-hetero) is 1. The molecule has 36 heavy (non-hydrogen) atoms. The summed E-state index contributed by atoms with van der Waals surface area (Å²) in [4.78, 5) is 44.0. The molecular weight excluding hydrogens is 456 g/mol. The first-order valence-electron chi connectivity index (χ1n) is 12.2. The average Bonchev–Trinajstić information content (AvgIpc) is 3.20. The molecule has 1 aromatic heterocycles. The zero-order chi connectivity index (χ0) is 25.5. The maximum atomic E-state index is 13.0. The van der Waals surface area contributed by atoms with Crippen LogP contribution in [0.15, 0.2) is 67.0 Å². The summed E-state index contributed by atoms with van der Waals surface area (Å²) in [6.07, 6.45) is 2.99. The van der Waals surface area contributed by atoms with Gasteiger partial charge in [-0.1, -0.05) is 50.2 Å². The second kappa shape index (κ2) is 11.8. The van der Waals surface area contributed by atoms with Crippen LogP contribution in [0.25, 0.3) is 10.8 Å². The summed E-state index contributed by atoms with van der Waals surface area (Å²) >= 11 is 0. The summed E-state index contributed by atoms with van der Waals surface area (Å²) < 4.78 is 5.26. The third-order valence-corrected chi connectivity index (χ3v) is 6.18. The van der Waals surface area contributed by atoms with Gasteiger partial charge in [0.1, 0.15) is 18.7 Å². The fourth-order valence-electron chi connectivity index (χ4n) is 4.38. The highest BCUT2D eigenvalue weighted by Crippen LogP contribution is 2.18. The number of hydrogen-bond donors (Lipinski definition) is 2. The Morgan fingerprint density at radius 3 is 2.56 bits per heavy atom. The summed E-state index contributed by atoms with van der Waals surface area (Å²) in [6, 6.07) is 16.5. The Balaban J connectivity index is 1.32. The lowest BCUT2D eigenvalue weighted by Crippen LogP contribution is -2.52. The number of hydrogen-bond acceptors (Lipinski definition) is 6. The normalized spacial score (nSPS) is 16.8. The number of benzene rings is 2. The number of amides is 2. The van der Waals surface area contributed by atoms with Crippen molar-refractivity contribution in [2.75, 3.05) is 13.1 Å². The molecule has 0 bridgehead atoms. The van der Waals surface area contributed by atoms with Gasteiger partial charge in [-0.3, -0.25) is 19.5 Å². The lowest BCUT2D eigenvalue weighted by atomic mass is 10.0. The van der Waals surface area contributed by atoms with Crippen molar-refractivity contribution in [3.05, 3.63) is 78.1 Å². The van der Waals surface area contributed by atoms with Crippen LogP contribution in [0.5, 0.6) is 0 Å². The van der Waals surface area contributed by atoms with Gasteiger partial charge in [0.2, 0.25) is 5.91 Å². The highest BCUT2D eigenvalue weighted by atomic mass is 16.5. The molecular formula is C28H32N4O4. The molecule has 2 N–H and O–H groups in total. The number of likely N-dealkylation sites (tertiary alicyclic amines) is 1. The molecule has 2 amide bonds. The Hall–Kier alpha value is -3.78. The fraction of sp³-hybridized carbons (Fsp3) is 0.357. The van der Waals surface area contributed by atoms with E-state index >= 15 is 0 Å². The molecule has 8 nitrogen and oxygen atoms in total. The number of alkyl carbamates (subject to hydrolysis) is 1. The third kappa shape index (κ3) is 6.88. The van der Waals surface area contributed by atoms with Crippen molar-refractivity contribution in [2.45, 2.75) is 45.5 Å². The first-order chi connectivity index (χ1) is 17.4. The third-order valence-electron chi connectivity index (χ3n) is 6.18. The van der Waals surface area contributed by atoms with Gasteiger partial charge < -0.3 is 15.4 Å². The summed E-state index contributed by atoms with van der Waals surface area (Å²) in [5.74, 6) is -0.256. The van der Waals surface area contributed by atoms with Crippen molar-refractivity contribution in [1.82, 2.24) is 20.5 Å². The molecule has 2 atom stereocenters. The largest absolute Gasteiger partial charge is 0.445 e. The monoisotopic (exact) mass is 488 g/mol. The number of nitrogens with one attached hydrogen (secondary N) is 2. The topological polar surface area (TPSA) is 101 Å². The van der Waals surface area contributed by atoms with Gasteiger partial charge in [0.05, 0.1) is 6.54 Å². The molecule has 2 aromatic carbocycles. The van der Waals surface area contributed by atoms with E-state index in [2.05, 4.69) is 45.9 Å². The highest BCUT2D eigenvalue weighted by molar-refractivity contribution is 5.94. The van der Waals surface area contributed by atoms with Gasteiger partial charge in [0.25, 0.3) is 0 Å². The fourth-order valence-corrected chi connectivity index (χ4v) is 4.38. The molecule has 1 fully saturated rings. The Morgan fingerprint density at radius 2 is 1.81 bits per heavy atom. The van der Waals surface area contributed by atoms with Gasteiger partial charge in [-0.05, 0) is 52.4 Å². The second-order valence-electron chi connectivity index (χ2n) is 9.64. The van der Waals surface area contributed by atoms with Crippen LogP contribution in [0, 0.1) is 5.92 Å². The number of nitrogens with zero attached hydrogens (tertiary/aromatic N) is 2. The summed E-state index contributed by atoms with van der Waals surface area (Å²) in [7, 11) is 0. The van der Waals surface area contributed by atoms with E-state index in [-0.39, 0.29) is 30.8 Å². The molecule has 0 spiro atoms. The van der Waals surface area contributed by atoms with Crippen molar-refractivity contribution in [3.8, 4) is 0 Å². The standard InChI is InChI=1S/C28H32N4O4/c1-19(2)13-24(31-28(35)36-18-20-9-11-29-12-10-20)27(34)30-25-16-32(17-26(25)33)15-21-7-8-22-5-3-4-6-23(22)14-21/h3-12,14,19,24-25H,13,15-18H2,1-2H3,(H,30,34)(H,31,35)/t24-,25?/m0/s1. The number of aromatic nitrogens is 1. The molecule has 1 aliphatic rings. The van der Waals surface area contributed by atoms with E-state index in [4.69, 9.17) is 4.74 Å². The zero-order valence-electron chi connectivity index (χ0n) is 20.6. The molecule has 0 aliphatic carbocycles. The van der Waals surface area contributed by atoms with Gasteiger partial charge in [0, 0.05) is 25.5 Å². The van der Waals surface area contributed by atoms with Gasteiger partial charge in [-0.15, -0.1) is 0 Å². The maximum Gasteiger partial charge on any atom is 0.408 e. The first kappa shape index (κ1) is 25.3. The van der Waals surface area contributed by atoms with Crippen molar-refractivity contribution in [2.24, 2.45) is 5.92 Å². The van der Waals surface area contributed by atoms with E-state index < -0.39 is 18.2 Å². The van der Waals surface area contributed by atoms with E-state index in [0.29, 0.717) is 19.5 Å². The predicted octanol–water partition coefficient (Wildman–Crippen LogP) is 3.45. The Labute approximate surface area is 211 Å². The van der Waals surface area contributed by atoms with Crippen LogP contribution < -0.4 is 10.6 Å². The van der Waals surface area contributed by atoms with E-state index in [9.17, 15) is 14.4 Å². The van der Waals surface area contributed by atoms with Crippen molar-refractivity contribution in [3.63, 3.8) is 0 Å². The Morgan fingerprint density at radius 1 is 1.06 bits per heavy atom. The Bertz CT molecular complexity index is 1210. The minimum absolute atomic E-state index is 0.0345. The number of ether oxygens (including phenoxy) is 1. The molecule has 2 heterocycles. The SMILES string of the molecule is CC(C)C[C@H](NC(=O)OCc1ccncc1)C(=O)NC1CN(Cc2ccc3ccccc3c2)CC1=O. The molecule has 8 heteroatoms. The molecule has 0 saturated carbocycles. The number of rotatable bonds is 9. The smallest absolute Gasteiger partial charge is 0.408 e. The van der Waals surface area contributed by atoms with Crippen LogP contribution in [0.3, 0.4) is 0 Å². The second-order valence-corrected chi connectivity index (χ2v) is 9.64. The molecule has 0 radical (unpaired) electrons. The molecule has 3 aromatic rings. The molecule has 1 aliphatic heterocycles. The van der Waals surface area contributed by atoms with E-state index in [1.54, 1.807) is 24.5 Å². The first-order valence-corrected chi connectivity index (χ1v) is 12.2. The Kier molecular flexibility index (Phi) is 8.28. The van der Waals surface area contributed by atoms with Crippen LogP contribution in [0.2, 0.25) is 0 Å². The van der Waals surface area contributed by atoms with E-state index in [1.807, 2.05) is 30.9 Å². The highest BCUT2D eigenvalue weighted by Gasteiger charge is 2.34. The van der Waals surface area contributed by atoms with Gasteiger partial charge >= 0.3 is 6.09 Å². The number of ketones is 1. The molecule has 188 valence electrons. The van der Waals surface area contributed by atoms with Crippen LogP contribution in [0.1, 0.15) is 31.4 Å². The van der Waals surface area contributed by atoms with E-state index in [1.165, 1.54) is 5.39 Å². The number of pyridine rings is 1. The zero-order valence-corrected chi connectivity index (χ0v) is 20.6. The van der Waals surface area contributed by atoms with Crippen LogP contribution in [0.4, 0.5) is 4.79 Å². The predicted molar refractivity (Wildman–Crippen MR) is 137 cm³/mol. The summed E-state index contributed by atoms with van der Waals surface area (Å²) in [5.41, 5.74) is 1.91. The van der Waals surface area contributed by atoms with Crippen molar-refractivity contribution < 1.29 is 19.1 Å². The molecule has 1 unspecified atom stereocenters. The number of carbonyl (C=O) groups is 3. The van der Waals surface area contributed by atoms with Crippen LogP contribution in [-0.4, -0.2) is 52.8 Å². The van der Waals surface area contributed by atoms with Gasteiger partial charge in [0.15, 0.2) is 5.78 Å². The average molecular weight is 489 g/mol. The summed E-state index contributed by atoms with van der Waals surface area (Å²) in [5, 5.41) is 7.84. The quantitative estimate of drug-likeness (QED) is 0.479. The number of carbonyl (C=O) groups excluding carboxylic acids is 3. The van der Waals surface area contributed by atoms with Gasteiger partial charge in [-0.25, -0.2) is 4.79 Å². The van der Waals surface area contributed by atoms with E-state index in [0.717, 1.165) is 16.5 Å². The van der Waals surface area contributed by atoms with Crippen LogP contribution in [-0.2, 0) is 27.5 Å². The lowest BCUT2D eigenvalue weighted by Gasteiger charge is -2.22. The minimum atomic E-state index is -0.794. The summed E-state index contributed by atoms with van der Waals surface area (Å²) in [6.45, 7) is 5.34. The number of fused-ring (bicyclic) bond motifs is 1. The lowest BCUT2D eigenvalue weighted by molar-refractivity contribution is -0.127. The van der Waals surface area contributed by atoms with Crippen molar-refractivity contribution in [1.29, 1.82) is 0 Å². The van der Waals surface area contributed by atoms with Crippen molar-refractivity contribution >= 4 is 28.6 Å². The maximum absolute atomic E-state index is 13.0. The van der Waals surface area contributed by atoms with Crippen LogP contribution >= 0.6 is 0 Å². The minimum Gasteiger partial charge on any atom is -0.445 e. The molecule has 4 rings (SSSR count). The van der Waals surface area contributed by atoms with Gasteiger partial charge in [-0.2, -0.15) is 0 Å². The molecule has 1 saturated heterocycles.